The molecule has 3 rings (SSSR count). The fourth-order valence-electron chi connectivity index (χ4n) is 2.76. The fraction of sp³-hybridized carbons (Fsp3) is 0.312. The maximum atomic E-state index is 12.5. The second-order valence-electron chi connectivity index (χ2n) is 5.00. The average molecular weight is 291 g/mol. The molecule has 1 aliphatic rings. The predicted octanol–water partition coefficient (Wildman–Crippen LogP) is 4.20. The summed E-state index contributed by atoms with van der Waals surface area (Å²) < 4.78 is 29.5. The second kappa shape index (κ2) is 5.31. The number of alkyl halides is 2. The van der Waals surface area contributed by atoms with Crippen LogP contribution in [0.2, 0.25) is 0 Å². The first-order valence-corrected chi connectivity index (χ1v) is 6.96. The smallest absolute Gasteiger partial charge is 0.387 e. The Hall–Kier alpha value is -2.17. The van der Waals surface area contributed by atoms with E-state index in [0.717, 1.165) is 18.5 Å². The molecule has 2 aromatic carbocycles. The van der Waals surface area contributed by atoms with Crippen molar-refractivity contribution in [3.8, 4) is 5.75 Å². The number of ether oxygens (including phenoxy) is 1. The van der Waals surface area contributed by atoms with Crippen molar-refractivity contribution in [2.75, 3.05) is 11.4 Å². The van der Waals surface area contributed by atoms with Gasteiger partial charge in [0.2, 0.25) is 0 Å². The Labute approximate surface area is 121 Å². The van der Waals surface area contributed by atoms with E-state index in [1.807, 2.05) is 0 Å². The summed E-state index contributed by atoms with van der Waals surface area (Å²) in [7, 11) is 0. The third kappa shape index (κ3) is 2.22. The maximum absolute atomic E-state index is 12.5. The van der Waals surface area contributed by atoms with Gasteiger partial charge in [0, 0.05) is 22.9 Å². The van der Waals surface area contributed by atoms with Gasteiger partial charge in [0.25, 0.3) is 5.91 Å². The van der Waals surface area contributed by atoms with Gasteiger partial charge in [-0.1, -0.05) is 25.5 Å². The summed E-state index contributed by atoms with van der Waals surface area (Å²) in [6.07, 6.45) is 1.88. The Morgan fingerprint density at radius 1 is 1.24 bits per heavy atom. The van der Waals surface area contributed by atoms with Crippen LogP contribution in [0.1, 0.15) is 30.1 Å². The number of carbonyl (C=O) groups is 1. The molecule has 1 amide bonds. The molecular formula is C16H15F2NO2. The first-order chi connectivity index (χ1) is 10.1. The van der Waals surface area contributed by atoms with Crippen LogP contribution in [0.3, 0.4) is 0 Å². The molecule has 0 spiro atoms. The van der Waals surface area contributed by atoms with E-state index in [-0.39, 0.29) is 11.7 Å². The molecule has 0 radical (unpaired) electrons. The van der Waals surface area contributed by atoms with Crippen LogP contribution >= 0.6 is 0 Å². The molecule has 0 N–H and O–H groups in total. The van der Waals surface area contributed by atoms with E-state index < -0.39 is 6.61 Å². The van der Waals surface area contributed by atoms with E-state index in [4.69, 9.17) is 0 Å². The van der Waals surface area contributed by atoms with Crippen LogP contribution in [0.15, 0.2) is 30.3 Å². The van der Waals surface area contributed by atoms with E-state index in [1.54, 1.807) is 29.2 Å². The normalized spacial score (nSPS) is 13.5. The number of halogens is 2. The summed E-state index contributed by atoms with van der Waals surface area (Å²) in [6, 6.07) is 8.32. The van der Waals surface area contributed by atoms with E-state index in [1.165, 1.54) is 6.07 Å². The third-order valence-electron chi connectivity index (χ3n) is 3.70. The van der Waals surface area contributed by atoms with Gasteiger partial charge in [-0.2, -0.15) is 8.78 Å². The highest BCUT2D eigenvalue weighted by Crippen LogP contribution is 2.41. The van der Waals surface area contributed by atoms with Crippen LogP contribution in [-0.2, 0) is 0 Å². The van der Waals surface area contributed by atoms with E-state index in [0.29, 0.717) is 22.9 Å². The monoisotopic (exact) mass is 291 g/mol. The van der Waals surface area contributed by atoms with Crippen LogP contribution in [0.4, 0.5) is 14.5 Å². The Bertz CT molecular complexity index is 700. The first-order valence-electron chi connectivity index (χ1n) is 6.96. The molecule has 5 heteroatoms. The second-order valence-corrected chi connectivity index (χ2v) is 5.00. The minimum absolute atomic E-state index is 0.0711. The van der Waals surface area contributed by atoms with E-state index >= 15 is 0 Å². The van der Waals surface area contributed by atoms with Crippen molar-refractivity contribution < 1.29 is 18.3 Å². The number of hydrogen-bond acceptors (Lipinski definition) is 2. The standard InChI is InChI=1S/C16H15F2NO2/c1-2-3-9-19-12-7-8-13(21-16(17)18)10-5-4-6-11(14(10)12)15(19)20/h4-8,16H,2-3,9H2,1H3. The molecule has 0 bridgehead atoms. The molecule has 0 atom stereocenters. The molecule has 0 aromatic heterocycles. The number of amides is 1. The largest absolute Gasteiger partial charge is 0.434 e. The van der Waals surface area contributed by atoms with Crippen molar-refractivity contribution in [2.24, 2.45) is 0 Å². The van der Waals surface area contributed by atoms with Crippen LogP contribution in [0, 0.1) is 0 Å². The highest BCUT2D eigenvalue weighted by Gasteiger charge is 2.30. The van der Waals surface area contributed by atoms with Crippen molar-refractivity contribution >= 4 is 22.4 Å². The zero-order chi connectivity index (χ0) is 15.0. The van der Waals surface area contributed by atoms with Gasteiger partial charge < -0.3 is 9.64 Å². The number of benzene rings is 2. The Balaban J connectivity index is 2.13. The molecule has 0 aliphatic carbocycles. The molecule has 1 heterocycles. The quantitative estimate of drug-likeness (QED) is 0.826. The Morgan fingerprint density at radius 3 is 2.76 bits per heavy atom. The van der Waals surface area contributed by atoms with Gasteiger partial charge in [0.1, 0.15) is 5.75 Å². The first kappa shape index (κ1) is 13.8. The molecule has 1 aliphatic heterocycles. The summed E-state index contributed by atoms with van der Waals surface area (Å²) in [4.78, 5) is 14.2. The molecule has 2 aromatic rings. The highest BCUT2D eigenvalue weighted by atomic mass is 19.3. The van der Waals surface area contributed by atoms with Crippen LogP contribution in [-0.4, -0.2) is 19.1 Å². The van der Waals surface area contributed by atoms with Crippen molar-refractivity contribution in [3.63, 3.8) is 0 Å². The Kier molecular flexibility index (Phi) is 3.49. The molecule has 0 saturated heterocycles. The highest BCUT2D eigenvalue weighted by molar-refractivity contribution is 6.25. The van der Waals surface area contributed by atoms with E-state index in [9.17, 15) is 13.6 Å². The third-order valence-corrected chi connectivity index (χ3v) is 3.70. The number of nitrogens with zero attached hydrogens (tertiary/aromatic N) is 1. The number of unbranched alkanes of at least 4 members (excludes halogenated alkanes) is 1. The summed E-state index contributed by atoms with van der Waals surface area (Å²) in [5, 5.41) is 1.26. The summed E-state index contributed by atoms with van der Waals surface area (Å²) in [5.41, 5.74) is 1.33. The van der Waals surface area contributed by atoms with Gasteiger partial charge in [0.05, 0.1) is 5.69 Å². The van der Waals surface area contributed by atoms with Gasteiger partial charge >= 0.3 is 6.61 Å². The fourth-order valence-corrected chi connectivity index (χ4v) is 2.76. The lowest BCUT2D eigenvalue weighted by atomic mass is 10.0. The van der Waals surface area contributed by atoms with Crippen molar-refractivity contribution in [2.45, 2.75) is 26.4 Å². The van der Waals surface area contributed by atoms with Crippen LogP contribution < -0.4 is 9.64 Å². The molecular weight excluding hydrogens is 276 g/mol. The van der Waals surface area contributed by atoms with Gasteiger partial charge in [0.15, 0.2) is 0 Å². The van der Waals surface area contributed by atoms with Gasteiger partial charge in [-0.25, -0.2) is 0 Å². The number of hydrogen-bond donors (Lipinski definition) is 0. The lowest BCUT2D eigenvalue weighted by molar-refractivity contribution is -0.0487. The summed E-state index contributed by atoms with van der Waals surface area (Å²) >= 11 is 0. The molecule has 0 saturated carbocycles. The predicted molar refractivity (Wildman–Crippen MR) is 77.2 cm³/mol. The zero-order valence-corrected chi connectivity index (χ0v) is 11.6. The maximum Gasteiger partial charge on any atom is 0.387 e. The SMILES string of the molecule is CCCCN1C(=O)c2cccc3c(OC(F)F)ccc1c23. The summed E-state index contributed by atoms with van der Waals surface area (Å²) in [6.45, 7) is -0.188. The minimum atomic E-state index is -2.88. The topological polar surface area (TPSA) is 29.5 Å². The number of anilines is 1. The van der Waals surface area contributed by atoms with Gasteiger partial charge in [-0.05, 0) is 24.6 Å². The zero-order valence-electron chi connectivity index (χ0n) is 11.6. The van der Waals surface area contributed by atoms with Crippen molar-refractivity contribution in [1.82, 2.24) is 0 Å². The summed E-state index contributed by atoms with van der Waals surface area (Å²) in [5.74, 6) is 0.0361. The lowest BCUT2D eigenvalue weighted by Gasteiger charge is -2.17. The van der Waals surface area contributed by atoms with E-state index in [2.05, 4.69) is 11.7 Å². The lowest BCUT2D eigenvalue weighted by Crippen LogP contribution is -2.27. The molecule has 3 nitrogen and oxygen atoms in total. The number of carbonyl (C=O) groups excluding carboxylic acids is 1. The molecule has 0 unspecified atom stereocenters. The van der Waals surface area contributed by atoms with Crippen molar-refractivity contribution in [1.29, 1.82) is 0 Å². The van der Waals surface area contributed by atoms with Gasteiger partial charge in [-0.3, -0.25) is 4.79 Å². The van der Waals surface area contributed by atoms with Crippen LogP contribution in [0.25, 0.3) is 10.8 Å². The van der Waals surface area contributed by atoms with Gasteiger partial charge in [-0.15, -0.1) is 0 Å². The molecule has 21 heavy (non-hydrogen) atoms. The van der Waals surface area contributed by atoms with Crippen LogP contribution in [0.5, 0.6) is 5.75 Å². The Morgan fingerprint density at radius 2 is 2.05 bits per heavy atom. The molecule has 0 fully saturated rings. The van der Waals surface area contributed by atoms with Crippen molar-refractivity contribution in [3.05, 3.63) is 35.9 Å². The number of rotatable bonds is 5. The molecule has 110 valence electrons. The average Bonchev–Trinajstić information content (AvgIpc) is 2.74. The minimum Gasteiger partial charge on any atom is -0.434 e.